The van der Waals surface area contributed by atoms with E-state index in [9.17, 15) is 25.3 Å². The van der Waals surface area contributed by atoms with Crippen molar-refractivity contribution in [2.24, 2.45) is 0 Å². The van der Waals surface area contributed by atoms with Crippen molar-refractivity contribution < 1.29 is 24.3 Å². The van der Waals surface area contributed by atoms with Gasteiger partial charge < -0.3 is 19.9 Å². The molecule has 2 aromatic carbocycles. The van der Waals surface area contributed by atoms with Gasteiger partial charge in [0.15, 0.2) is 11.5 Å². The van der Waals surface area contributed by atoms with E-state index in [1.807, 2.05) is 0 Å². The molecule has 27 heavy (non-hydrogen) atoms. The second-order valence-electron chi connectivity index (χ2n) is 5.47. The first-order chi connectivity index (χ1) is 13.0. The van der Waals surface area contributed by atoms with Gasteiger partial charge in [0.2, 0.25) is 0 Å². The van der Waals surface area contributed by atoms with E-state index in [2.05, 4.69) is 5.32 Å². The summed E-state index contributed by atoms with van der Waals surface area (Å²) in [5, 5.41) is 34.1. The smallest absolute Gasteiger partial charge is 0.266 e. The molecule has 0 aromatic heterocycles. The van der Waals surface area contributed by atoms with Gasteiger partial charge in [0.25, 0.3) is 11.6 Å². The van der Waals surface area contributed by atoms with Crippen molar-refractivity contribution in [1.29, 1.82) is 5.26 Å². The average Bonchev–Trinajstić information content (AvgIpc) is 2.66. The molecule has 1 amide bonds. The van der Waals surface area contributed by atoms with Crippen molar-refractivity contribution in [3.05, 3.63) is 57.6 Å². The number of anilines is 1. The molecule has 0 unspecified atom stereocenters. The number of benzene rings is 2. The lowest BCUT2D eigenvalue weighted by atomic mass is 10.1. The number of carbonyl (C=O) groups excluding carboxylic acids is 1. The van der Waals surface area contributed by atoms with Crippen LogP contribution in [-0.2, 0) is 4.79 Å². The second kappa shape index (κ2) is 7.45. The number of nitrogens with zero attached hydrogens (tertiary/aromatic N) is 2. The molecule has 136 valence electrons. The lowest BCUT2D eigenvalue weighted by molar-refractivity contribution is -0.398. The number of hydrogen-bond donors (Lipinski definition) is 1. The van der Waals surface area contributed by atoms with Crippen LogP contribution in [0, 0.1) is 21.4 Å². The monoisotopic (exact) mass is 366 g/mol. The van der Waals surface area contributed by atoms with Crippen molar-refractivity contribution >= 4 is 23.4 Å². The van der Waals surface area contributed by atoms with Gasteiger partial charge in [0.1, 0.15) is 24.9 Å². The predicted molar refractivity (Wildman–Crippen MR) is 92.2 cm³/mol. The Labute approximate surface area is 153 Å². The van der Waals surface area contributed by atoms with Crippen LogP contribution < -0.4 is 19.9 Å². The minimum Gasteiger partial charge on any atom is -0.868 e. The molecule has 1 aliphatic heterocycles. The summed E-state index contributed by atoms with van der Waals surface area (Å²) in [6, 6.07) is 9.86. The highest BCUT2D eigenvalue weighted by atomic mass is 16.6. The van der Waals surface area contributed by atoms with Gasteiger partial charge in [-0.05, 0) is 29.5 Å². The highest BCUT2D eigenvalue weighted by Gasteiger charge is 2.15. The lowest BCUT2D eigenvalue weighted by Gasteiger charge is -2.18. The number of ether oxygens (including phenoxy) is 2. The molecule has 0 radical (unpaired) electrons. The van der Waals surface area contributed by atoms with E-state index in [4.69, 9.17) is 9.47 Å². The summed E-state index contributed by atoms with van der Waals surface area (Å²) < 4.78 is 10.8. The number of amides is 1. The average molecular weight is 366 g/mol. The highest BCUT2D eigenvalue weighted by Crippen LogP contribution is 2.32. The minimum atomic E-state index is -0.818. The summed E-state index contributed by atoms with van der Waals surface area (Å²) in [5.41, 5.74) is -0.326. The van der Waals surface area contributed by atoms with Crippen LogP contribution >= 0.6 is 0 Å². The molecule has 1 heterocycles. The molecule has 3 rings (SSSR count). The summed E-state index contributed by atoms with van der Waals surface area (Å²) >= 11 is 0. The molecule has 0 saturated heterocycles. The molecule has 2 aromatic rings. The Morgan fingerprint density at radius 2 is 1.93 bits per heavy atom. The van der Waals surface area contributed by atoms with E-state index >= 15 is 0 Å². The van der Waals surface area contributed by atoms with Crippen molar-refractivity contribution in [1.82, 2.24) is 0 Å². The number of hydrogen-bond acceptors (Lipinski definition) is 7. The van der Waals surface area contributed by atoms with Gasteiger partial charge in [-0.2, -0.15) is 5.26 Å². The first-order valence-corrected chi connectivity index (χ1v) is 7.76. The summed E-state index contributed by atoms with van der Waals surface area (Å²) in [5.74, 6) is -0.428. The molecule has 0 saturated carbocycles. The van der Waals surface area contributed by atoms with Gasteiger partial charge in [-0.25, -0.2) is 0 Å². The van der Waals surface area contributed by atoms with Crippen LogP contribution in [0.25, 0.3) is 6.08 Å². The van der Waals surface area contributed by atoms with Crippen molar-refractivity contribution in [2.75, 3.05) is 18.5 Å². The Morgan fingerprint density at radius 1 is 1.19 bits per heavy atom. The predicted octanol–water partition coefficient (Wildman–Crippen LogP) is 1.99. The van der Waals surface area contributed by atoms with E-state index in [1.54, 1.807) is 24.3 Å². The maximum atomic E-state index is 12.3. The third kappa shape index (κ3) is 3.96. The summed E-state index contributed by atoms with van der Waals surface area (Å²) in [6.07, 6.45) is 1.17. The second-order valence-corrected chi connectivity index (χ2v) is 5.47. The fourth-order valence-electron chi connectivity index (χ4n) is 2.40. The maximum absolute atomic E-state index is 12.3. The topological polar surface area (TPSA) is 138 Å². The Hall–Kier alpha value is -4.06. The number of rotatable bonds is 4. The van der Waals surface area contributed by atoms with Crippen molar-refractivity contribution in [3.8, 4) is 23.3 Å². The lowest BCUT2D eigenvalue weighted by Crippen LogP contribution is -2.17. The number of carbonyl (C=O) groups is 1. The van der Waals surface area contributed by atoms with E-state index in [-0.39, 0.29) is 11.1 Å². The molecule has 1 N–H and O–H groups in total. The van der Waals surface area contributed by atoms with E-state index in [1.165, 1.54) is 12.1 Å². The summed E-state index contributed by atoms with van der Waals surface area (Å²) in [7, 11) is 0. The fourth-order valence-corrected chi connectivity index (χ4v) is 2.40. The molecular formula is C18H12N3O6-. The fraction of sp³-hybridized carbons (Fsp3) is 0.111. The molecular weight excluding hydrogens is 354 g/mol. The molecule has 0 fully saturated rings. The van der Waals surface area contributed by atoms with Crippen molar-refractivity contribution in [3.63, 3.8) is 0 Å². The third-order valence-corrected chi connectivity index (χ3v) is 3.66. The van der Waals surface area contributed by atoms with Crippen LogP contribution in [0.5, 0.6) is 17.2 Å². The molecule has 0 bridgehead atoms. The van der Waals surface area contributed by atoms with Crippen LogP contribution in [-0.4, -0.2) is 24.0 Å². The Morgan fingerprint density at radius 3 is 2.63 bits per heavy atom. The normalized spacial score (nSPS) is 12.8. The molecule has 9 heteroatoms. The Balaban J connectivity index is 1.82. The third-order valence-electron chi connectivity index (χ3n) is 3.66. The van der Waals surface area contributed by atoms with E-state index in [0.717, 1.165) is 12.1 Å². The van der Waals surface area contributed by atoms with Crippen LogP contribution in [0.4, 0.5) is 11.4 Å². The van der Waals surface area contributed by atoms with E-state index < -0.39 is 22.3 Å². The minimum absolute atomic E-state index is 0.190. The van der Waals surface area contributed by atoms with Crippen LogP contribution in [0.15, 0.2) is 42.0 Å². The van der Waals surface area contributed by atoms with E-state index in [0.29, 0.717) is 30.4 Å². The number of nitrogens with one attached hydrogen (secondary N) is 1. The van der Waals surface area contributed by atoms with Crippen LogP contribution in [0.3, 0.4) is 0 Å². The van der Waals surface area contributed by atoms with Gasteiger partial charge in [-0.3, -0.25) is 14.9 Å². The Kier molecular flexibility index (Phi) is 4.90. The van der Waals surface area contributed by atoms with Crippen LogP contribution in [0.1, 0.15) is 5.56 Å². The van der Waals surface area contributed by atoms with Crippen molar-refractivity contribution in [2.45, 2.75) is 0 Å². The largest absolute Gasteiger partial charge is 0.868 e. The van der Waals surface area contributed by atoms with Gasteiger partial charge in [-0.1, -0.05) is 12.1 Å². The molecule has 9 nitrogen and oxygen atoms in total. The number of nitro groups is 1. The van der Waals surface area contributed by atoms with Gasteiger partial charge >= 0.3 is 0 Å². The number of fused-ring (bicyclic) bond motifs is 1. The zero-order chi connectivity index (χ0) is 19.4. The zero-order valence-corrected chi connectivity index (χ0v) is 13.8. The first kappa shape index (κ1) is 17.8. The standard InChI is InChI=1S/C18H13N3O6/c19-10-12(7-11-1-3-15(22)14(8-11)21(24)25)18(23)20-13-2-4-16-17(9-13)27-6-5-26-16/h1-4,7-9,22H,5-6H2,(H,20,23)/p-1/b12-7+. The molecule has 0 atom stereocenters. The zero-order valence-electron chi connectivity index (χ0n) is 13.8. The highest BCUT2D eigenvalue weighted by molar-refractivity contribution is 6.09. The van der Waals surface area contributed by atoms with Gasteiger partial charge in [0.05, 0.1) is 4.92 Å². The maximum Gasteiger partial charge on any atom is 0.266 e. The summed E-state index contributed by atoms with van der Waals surface area (Å²) in [6.45, 7) is 0.830. The first-order valence-electron chi connectivity index (χ1n) is 7.76. The summed E-state index contributed by atoms with van der Waals surface area (Å²) in [4.78, 5) is 22.4. The quantitative estimate of drug-likeness (QED) is 0.378. The molecule has 1 aliphatic rings. The van der Waals surface area contributed by atoms with Gasteiger partial charge in [-0.15, -0.1) is 0 Å². The Bertz CT molecular complexity index is 993. The number of nitro benzene ring substituents is 1. The SMILES string of the molecule is N#C/C(=C\c1ccc([O-])c([N+](=O)[O-])c1)C(=O)Nc1ccc2c(c1)OCCO2. The molecule has 0 spiro atoms. The number of nitriles is 1. The van der Waals surface area contributed by atoms with Gasteiger partial charge in [0, 0.05) is 17.8 Å². The molecule has 0 aliphatic carbocycles. The van der Waals surface area contributed by atoms with Crippen LogP contribution in [0.2, 0.25) is 0 Å².